The van der Waals surface area contributed by atoms with Gasteiger partial charge in [0.25, 0.3) is 0 Å². The monoisotopic (exact) mass is 249 g/mol. The van der Waals surface area contributed by atoms with Crippen LogP contribution in [0.2, 0.25) is 0 Å². The van der Waals surface area contributed by atoms with Crippen molar-refractivity contribution in [3.8, 4) is 5.75 Å². The lowest BCUT2D eigenvalue weighted by atomic mass is 9.67. The van der Waals surface area contributed by atoms with Crippen molar-refractivity contribution in [3.05, 3.63) is 29.8 Å². The first-order chi connectivity index (χ1) is 8.69. The molecule has 0 bridgehead atoms. The van der Waals surface area contributed by atoms with E-state index < -0.39 is 11.0 Å². The van der Waals surface area contributed by atoms with Gasteiger partial charge in [0.1, 0.15) is 11.4 Å². The topological polar surface area (TPSA) is 64.7 Å². The van der Waals surface area contributed by atoms with Crippen molar-refractivity contribution in [1.82, 2.24) is 0 Å². The molecule has 2 heterocycles. The highest BCUT2D eigenvalue weighted by molar-refractivity contribution is 5.37. The first kappa shape index (κ1) is 12.0. The van der Waals surface area contributed by atoms with Crippen LogP contribution in [0.3, 0.4) is 0 Å². The Morgan fingerprint density at radius 3 is 2.83 bits per heavy atom. The molecule has 1 fully saturated rings. The Labute approximate surface area is 107 Å². The highest BCUT2D eigenvalue weighted by Crippen LogP contribution is 2.44. The molecule has 2 atom stereocenters. The second kappa shape index (κ2) is 4.23. The van der Waals surface area contributed by atoms with Crippen molar-refractivity contribution in [2.24, 2.45) is 11.1 Å². The van der Waals surface area contributed by atoms with Gasteiger partial charge in [-0.25, -0.2) is 0 Å². The molecule has 4 heteroatoms. The highest BCUT2D eigenvalue weighted by atomic mass is 16.5. The minimum absolute atomic E-state index is 0.357. The Hall–Kier alpha value is -1.10. The zero-order chi connectivity index (χ0) is 12.6. The SMILES string of the molecule is NCC1(C2(O)CCOC2)COc2ccccc2C1. The third kappa shape index (κ3) is 1.64. The van der Waals surface area contributed by atoms with Crippen molar-refractivity contribution < 1.29 is 14.6 Å². The summed E-state index contributed by atoms with van der Waals surface area (Å²) in [5, 5.41) is 10.8. The fraction of sp³-hybridized carbons (Fsp3) is 0.571. The van der Waals surface area contributed by atoms with Crippen molar-refractivity contribution in [2.45, 2.75) is 18.4 Å². The van der Waals surface area contributed by atoms with Gasteiger partial charge in [-0.05, 0) is 18.1 Å². The van der Waals surface area contributed by atoms with Crippen LogP contribution in [0.5, 0.6) is 5.75 Å². The van der Waals surface area contributed by atoms with Gasteiger partial charge < -0.3 is 20.3 Å². The summed E-state index contributed by atoms with van der Waals surface area (Å²) in [5.74, 6) is 0.907. The summed E-state index contributed by atoms with van der Waals surface area (Å²) in [6, 6.07) is 7.95. The van der Waals surface area contributed by atoms with Gasteiger partial charge in [0, 0.05) is 19.6 Å². The van der Waals surface area contributed by atoms with Crippen LogP contribution < -0.4 is 10.5 Å². The minimum atomic E-state index is -0.866. The van der Waals surface area contributed by atoms with Crippen LogP contribution >= 0.6 is 0 Å². The van der Waals surface area contributed by atoms with E-state index in [1.807, 2.05) is 24.3 Å². The molecule has 2 aliphatic rings. The summed E-state index contributed by atoms with van der Waals surface area (Å²) in [6.45, 7) is 1.82. The van der Waals surface area contributed by atoms with E-state index in [9.17, 15) is 5.11 Å². The smallest absolute Gasteiger partial charge is 0.122 e. The highest BCUT2D eigenvalue weighted by Gasteiger charge is 2.53. The second-order valence-corrected chi connectivity index (χ2v) is 5.39. The molecule has 1 aromatic rings. The minimum Gasteiger partial charge on any atom is -0.493 e. The van der Waals surface area contributed by atoms with Crippen LogP contribution in [0.25, 0.3) is 0 Å². The quantitative estimate of drug-likeness (QED) is 0.810. The van der Waals surface area contributed by atoms with Crippen LogP contribution in [0.15, 0.2) is 24.3 Å². The molecule has 0 spiro atoms. The summed E-state index contributed by atoms with van der Waals surface area (Å²) in [7, 11) is 0. The number of para-hydroxylation sites is 1. The number of fused-ring (bicyclic) bond motifs is 1. The number of hydrogen-bond acceptors (Lipinski definition) is 4. The van der Waals surface area contributed by atoms with Gasteiger partial charge in [-0.15, -0.1) is 0 Å². The van der Waals surface area contributed by atoms with E-state index in [1.165, 1.54) is 0 Å². The van der Waals surface area contributed by atoms with Crippen molar-refractivity contribution in [2.75, 3.05) is 26.4 Å². The number of ether oxygens (including phenoxy) is 2. The average molecular weight is 249 g/mol. The molecule has 18 heavy (non-hydrogen) atoms. The molecule has 4 nitrogen and oxygen atoms in total. The van der Waals surface area contributed by atoms with Crippen LogP contribution in [-0.2, 0) is 11.2 Å². The zero-order valence-corrected chi connectivity index (χ0v) is 10.4. The first-order valence-corrected chi connectivity index (χ1v) is 6.40. The van der Waals surface area contributed by atoms with Gasteiger partial charge in [0.2, 0.25) is 0 Å². The molecule has 1 aromatic carbocycles. The lowest BCUT2D eigenvalue weighted by Crippen LogP contribution is -2.59. The van der Waals surface area contributed by atoms with Crippen molar-refractivity contribution in [3.63, 3.8) is 0 Å². The van der Waals surface area contributed by atoms with E-state index in [-0.39, 0.29) is 0 Å². The van der Waals surface area contributed by atoms with Gasteiger partial charge in [-0.3, -0.25) is 0 Å². The maximum Gasteiger partial charge on any atom is 0.122 e. The molecule has 2 aliphatic heterocycles. The number of hydrogen-bond donors (Lipinski definition) is 2. The number of benzene rings is 1. The largest absolute Gasteiger partial charge is 0.493 e. The Kier molecular flexibility index (Phi) is 2.81. The molecular formula is C14H19NO3. The third-order valence-electron chi connectivity index (χ3n) is 4.38. The third-order valence-corrected chi connectivity index (χ3v) is 4.38. The molecule has 0 saturated carbocycles. The summed E-state index contributed by atoms with van der Waals surface area (Å²) in [5.41, 5.74) is 5.79. The molecule has 3 N–H and O–H groups in total. The van der Waals surface area contributed by atoms with E-state index in [2.05, 4.69) is 0 Å². The predicted molar refractivity (Wildman–Crippen MR) is 67.5 cm³/mol. The molecule has 0 aromatic heterocycles. The van der Waals surface area contributed by atoms with E-state index in [0.717, 1.165) is 17.7 Å². The average Bonchev–Trinajstić information content (AvgIpc) is 2.86. The standard InChI is InChI=1S/C14H19NO3/c15-8-13(14(16)5-6-17-10-14)7-11-3-1-2-4-12(11)18-9-13/h1-4,16H,5-10,15H2. The summed E-state index contributed by atoms with van der Waals surface area (Å²) < 4.78 is 11.2. The van der Waals surface area contributed by atoms with Crippen molar-refractivity contribution in [1.29, 1.82) is 0 Å². The Morgan fingerprint density at radius 2 is 2.11 bits per heavy atom. The van der Waals surface area contributed by atoms with Crippen LogP contribution in [0.4, 0.5) is 0 Å². The van der Waals surface area contributed by atoms with Gasteiger partial charge in [-0.2, -0.15) is 0 Å². The van der Waals surface area contributed by atoms with Gasteiger partial charge in [0.15, 0.2) is 0 Å². The lowest BCUT2D eigenvalue weighted by molar-refractivity contribution is -0.107. The summed E-state index contributed by atoms with van der Waals surface area (Å²) >= 11 is 0. The number of rotatable bonds is 2. The van der Waals surface area contributed by atoms with Gasteiger partial charge >= 0.3 is 0 Å². The van der Waals surface area contributed by atoms with E-state index in [4.69, 9.17) is 15.2 Å². The van der Waals surface area contributed by atoms with E-state index in [0.29, 0.717) is 32.8 Å². The zero-order valence-electron chi connectivity index (χ0n) is 10.4. The Bertz CT molecular complexity index is 442. The van der Waals surface area contributed by atoms with Crippen LogP contribution in [0.1, 0.15) is 12.0 Å². The second-order valence-electron chi connectivity index (χ2n) is 5.39. The summed E-state index contributed by atoms with van der Waals surface area (Å²) in [4.78, 5) is 0. The Balaban J connectivity index is 1.95. The lowest BCUT2D eigenvalue weighted by Gasteiger charge is -2.46. The Morgan fingerprint density at radius 1 is 1.28 bits per heavy atom. The van der Waals surface area contributed by atoms with Gasteiger partial charge in [0.05, 0.1) is 18.6 Å². The maximum atomic E-state index is 10.8. The molecular weight excluding hydrogens is 230 g/mol. The fourth-order valence-corrected chi connectivity index (χ4v) is 3.01. The predicted octanol–water partition coefficient (Wildman–Crippen LogP) is 0.718. The molecule has 0 radical (unpaired) electrons. The number of aliphatic hydroxyl groups is 1. The van der Waals surface area contributed by atoms with Gasteiger partial charge in [-0.1, -0.05) is 18.2 Å². The van der Waals surface area contributed by atoms with Crippen molar-refractivity contribution >= 4 is 0 Å². The van der Waals surface area contributed by atoms with Crippen LogP contribution in [0, 0.1) is 5.41 Å². The molecule has 3 rings (SSSR count). The fourth-order valence-electron chi connectivity index (χ4n) is 3.01. The van der Waals surface area contributed by atoms with E-state index in [1.54, 1.807) is 0 Å². The molecule has 98 valence electrons. The molecule has 0 amide bonds. The normalized spacial score (nSPS) is 35.0. The van der Waals surface area contributed by atoms with E-state index >= 15 is 0 Å². The van der Waals surface area contributed by atoms with Crippen LogP contribution in [-0.4, -0.2) is 37.1 Å². The molecule has 1 saturated heterocycles. The maximum absolute atomic E-state index is 10.8. The molecule has 0 aliphatic carbocycles. The number of nitrogens with two attached hydrogens (primary N) is 1. The molecule has 2 unspecified atom stereocenters. The summed E-state index contributed by atoms with van der Waals surface area (Å²) in [6.07, 6.45) is 1.38. The first-order valence-electron chi connectivity index (χ1n) is 6.40.